The zero-order chi connectivity index (χ0) is 16.4. The highest BCUT2D eigenvalue weighted by Gasteiger charge is 2.20. The molecule has 0 saturated carbocycles. The molecule has 3 nitrogen and oxygen atoms in total. The summed E-state index contributed by atoms with van der Waals surface area (Å²) in [6.07, 6.45) is 0. The average molecular weight is 291 g/mol. The molecule has 1 atom stereocenters. The molecule has 1 N–H and O–H groups in total. The van der Waals surface area contributed by atoms with Crippen molar-refractivity contribution in [1.29, 1.82) is 0 Å². The molecule has 120 valence electrons. The van der Waals surface area contributed by atoms with Gasteiger partial charge >= 0.3 is 0 Å². The van der Waals surface area contributed by atoms with Gasteiger partial charge in [0.15, 0.2) is 0 Å². The summed E-state index contributed by atoms with van der Waals surface area (Å²) >= 11 is 0. The summed E-state index contributed by atoms with van der Waals surface area (Å²) in [6, 6.07) is 2.64. The van der Waals surface area contributed by atoms with Crippen molar-refractivity contribution < 1.29 is 0 Å². The van der Waals surface area contributed by atoms with Gasteiger partial charge in [-0.05, 0) is 59.1 Å². The molecule has 1 unspecified atom stereocenters. The minimum atomic E-state index is 0.108. The van der Waals surface area contributed by atoms with Gasteiger partial charge in [0, 0.05) is 36.4 Å². The molecule has 0 radical (unpaired) electrons. The van der Waals surface area contributed by atoms with Gasteiger partial charge in [0.05, 0.1) is 0 Å². The second kappa shape index (κ2) is 6.78. The van der Waals surface area contributed by atoms with Gasteiger partial charge in [0.2, 0.25) is 0 Å². The van der Waals surface area contributed by atoms with Gasteiger partial charge < -0.3 is 10.2 Å². The largest absolute Gasteiger partial charge is 0.356 e. The van der Waals surface area contributed by atoms with E-state index in [0.717, 1.165) is 18.1 Å². The number of hydrogen-bond donors (Lipinski definition) is 1. The normalized spacial score (nSPS) is 13.6. The predicted molar refractivity (Wildman–Crippen MR) is 93.0 cm³/mol. The van der Waals surface area contributed by atoms with E-state index in [2.05, 4.69) is 78.7 Å². The molecule has 1 heterocycles. The predicted octanol–water partition coefficient (Wildman–Crippen LogP) is 4.07. The SMILES string of the molecule is Cc1cc(C)c(CNC(C)(C)C)c(N(C)C(C)C(C)C)n1. The Labute approximate surface area is 131 Å². The van der Waals surface area contributed by atoms with Crippen molar-refractivity contribution in [1.82, 2.24) is 10.3 Å². The maximum Gasteiger partial charge on any atom is 0.133 e. The van der Waals surface area contributed by atoms with Gasteiger partial charge in [-0.1, -0.05) is 13.8 Å². The quantitative estimate of drug-likeness (QED) is 0.886. The number of nitrogens with one attached hydrogen (secondary N) is 1. The third-order valence-corrected chi connectivity index (χ3v) is 4.16. The smallest absolute Gasteiger partial charge is 0.133 e. The van der Waals surface area contributed by atoms with Crippen molar-refractivity contribution in [2.24, 2.45) is 5.92 Å². The molecule has 0 saturated heterocycles. The van der Waals surface area contributed by atoms with Crippen molar-refractivity contribution in [3.8, 4) is 0 Å². The number of aryl methyl sites for hydroxylation is 2. The number of nitrogens with zero attached hydrogens (tertiary/aromatic N) is 2. The number of rotatable bonds is 5. The summed E-state index contributed by atoms with van der Waals surface area (Å²) in [5, 5.41) is 3.60. The zero-order valence-electron chi connectivity index (χ0n) is 15.3. The Hall–Kier alpha value is -1.09. The highest BCUT2D eigenvalue weighted by molar-refractivity contribution is 5.52. The van der Waals surface area contributed by atoms with Crippen LogP contribution in [-0.2, 0) is 6.54 Å². The molecule has 0 fully saturated rings. The third kappa shape index (κ3) is 4.99. The van der Waals surface area contributed by atoms with Crippen LogP contribution in [-0.4, -0.2) is 23.6 Å². The van der Waals surface area contributed by atoms with Crippen LogP contribution < -0.4 is 10.2 Å². The van der Waals surface area contributed by atoms with Crippen molar-refractivity contribution in [2.45, 2.75) is 73.5 Å². The fourth-order valence-electron chi connectivity index (χ4n) is 2.35. The molecule has 0 aliphatic carbocycles. The van der Waals surface area contributed by atoms with E-state index in [9.17, 15) is 0 Å². The fraction of sp³-hybridized carbons (Fsp3) is 0.722. The van der Waals surface area contributed by atoms with E-state index < -0.39 is 0 Å². The molecule has 0 aromatic carbocycles. The first-order valence-electron chi connectivity index (χ1n) is 7.98. The van der Waals surface area contributed by atoms with Gasteiger partial charge in [-0.25, -0.2) is 4.98 Å². The Morgan fingerprint density at radius 2 is 1.76 bits per heavy atom. The maximum absolute atomic E-state index is 4.82. The first kappa shape index (κ1) is 18.0. The fourth-order valence-corrected chi connectivity index (χ4v) is 2.35. The van der Waals surface area contributed by atoms with Gasteiger partial charge in [-0.2, -0.15) is 0 Å². The Bertz CT molecular complexity index is 472. The van der Waals surface area contributed by atoms with Crippen LogP contribution in [0.25, 0.3) is 0 Å². The van der Waals surface area contributed by atoms with Crippen LogP contribution in [0, 0.1) is 19.8 Å². The molecular formula is C18H33N3. The summed E-state index contributed by atoms with van der Waals surface area (Å²) in [6.45, 7) is 18.5. The molecule has 1 aromatic rings. The second-order valence-corrected chi connectivity index (χ2v) is 7.58. The summed E-state index contributed by atoms with van der Waals surface area (Å²) in [5.74, 6) is 1.71. The zero-order valence-corrected chi connectivity index (χ0v) is 15.3. The number of anilines is 1. The number of pyridine rings is 1. The summed E-state index contributed by atoms with van der Waals surface area (Å²) in [4.78, 5) is 7.15. The van der Waals surface area contributed by atoms with Crippen molar-refractivity contribution in [3.63, 3.8) is 0 Å². The van der Waals surface area contributed by atoms with Gasteiger partial charge in [-0.15, -0.1) is 0 Å². The van der Waals surface area contributed by atoms with Crippen LogP contribution in [0.3, 0.4) is 0 Å². The van der Waals surface area contributed by atoms with Crippen LogP contribution in [0.2, 0.25) is 0 Å². The van der Waals surface area contributed by atoms with Gasteiger partial charge in [0.1, 0.15) is 5.82 Å². The lowest BCUT2D eigenvalue weighted by Gasteiger charge is -2.32. The Morgan fingerprint density at radius 1 is 1.19 bits per heavy atom. The Kier molecular flexibility index (Phi) is 5.80. The van der Waals surface area contributed by atoms with Gasteiger partial charge in [-0.3, -0.25) is 0 Å². The van der Waals surface area contributed by atoms with Crippen LogP contribution in [0.4, 0.5) is 5.82 Å². The lowest BCUT2D eigenvalue weighted by atomic mass is 10.0. The number of hydrogen-bond acceptors (Lipinski definition) is 3. The average Bonchev–Trinajstić information content (AvgIpc) is 2.33. The monoisotopic (exact) mass is 291 g/mol. The van der Waals surface area contributed by atoms with Crippen molar-refractivity contribution in [3.05, 3.63) is 22.9 Å². The van der Waals surface area contributed by atoms with E-state index in [-0.39, 0.29) is 5.54 Å². The molecule has 21 heavy (non-hydrogen) atoms. The Morgan fingerprint density at radius 3 is 2.24 bits per heavy atom. The molecule has 1 rings (SSSR count). The van der Waals surface area contributed by atoms with E-state index in [1.807, 2.05) is 0 Å². The molecule has 0 aliphatic rings. The molecule has 3 heteroatoms. The second-order valence-electron chi connectivity index (χ2n) is 7.58. The molecule has 0 spiro atoms. The molecular weight excluding hydrogens is 258 g/mol. The maximum atomic E-state index is 4.82. The van der Waals surface area contributed by atoms with Crippen LogP contribution in [0.5, 0.6) is 0 Å². The third-order valence-electron chi connectivity index (χ3n) is 4.16. The number of aromatic nitrogens is 1. The summed E-state index contributed by atoms with van der Waals surface area (Å²) in [5.41, 5.74) is 3.82. The van der Waals surface area contributed by atoms with Crippen molar-refractivity contribution in [2.75, 3.05) is 11.9 Å². The van der Waals surface area contributed by atoms with Gasteiger partial charge in [0.25, 0.3) is 0 Å². The lowest BCUT2D eigenvalue weighted by Crippen LogP contribution is -2.38. The summed E-state index contributed by atoms with van der Waals surface area (Å²) < 4.78 is 0. The minimum absolute atomic E-state index is 0.108. The molecule has 0 amide bonds. The highest BCUT2D eigenvalue weighted by Crippen LogP contribution is 2.25. The molecule has 0 bridgehead atoms. The van der Waals surface area contributed by atoms with E-state index in [1.165, 1.54) is 11.1 Å². The minimum Gasteiger partial charge on any atom is -0.356 e. The van der Waals surface area contributed by atoms with Crippen molar-refractivity contribution >= 4 is 5.82 Å². The van der Waals surface area contributed by atoms with Crippen LogP contribution in [0.15, 0.2) is 6.07 Å². The van der Waals surface area contributed by atoms with E-state index in [0.29, 0.717) is 12.0 Å². The molecule has 0 aliphatic heterocycles. The van der Waals surface area contributed by atoms with E-state index in [1.54, 1.807) is 0 Å². The molecule has 1 aromatic heterocycles. The van der Waals surface area contributed by atoms with E-state index in [4.69, 9.17) is 4.98 Å². The van der Waals surface area contributed by atoms with Crippen LogP contribution >= 0.6 is 0 Å². The first-order chi connectivity index (χ1) is 9.53. The standard InChI is InChI=1S/C18H33N3/c1-12(2)15(5)21(9)17-16(11-19-18(6,7)8)13(3)10-14(4)20-17/h10,12,15,19H,11H2,1-9H3. The first-order valence-corrected chi connectivity index (χ1v) is 7.98. The topological polar surface area (TPSA) is 28.2 Å². The Balaban J connectivity index is 3.17. The van der Waals surface area contributed by atoms with E-state index >= 15 is 0 Å². The highest BCUT2D eigenvalue weighted by atomic mass is 15.2. The lowest BCUT2D eigenvalue weighted by molar-refractivity contribution is 0.422. The summed E-state index contributed by atoms with van der Waals surface area (Å²) in [7, 11) is 2.16. The van der Waals surface area contributed by atoms with Crippen LogP contribution in [0.1, 0.15) is 58.4 Å².